The fourth-order valence-electron chi connectivity index (χ4n) is 3.76. The van der Waals surface area contributed by atoms with Gasteiger partial charge in [-0.15, -0.1) is 12.4 Å². The zero-order chi connectivity index (χ0) is 17.7. The number of halogens is 1. The van der Waals surface area contributed by atoms with Crippen LogP contribution in [0.5, 0.6) is 11.5 Å². The summed E-state index contributed by atoms with van der Waals surface area (Å²) in [5.41, 5.74) is 3.15. The number of H-pyrrole nitrogens is 1. The minimum absolute atomic E-state index is 0. The largest absolute Gasteiger partial charge is 0.503 e. The number of pyridine rings is 1. The summed E-state index contributed by atoms with van der Waals surface area (Å²) < 4.78 is 5.61. The van der Waals surface area contributed by atoms with Gasteiger partial charge in [-0.05, 0) is 36.5 Å². The van der Waals surface area contributed by atoms with Crippen molar-refractivity contribution in [1.29, 1.82) is 0 Å². The van der Waals surface area contributed by atoms with E-state index in [1.54, 1.807) is 0 Å². The van der Waals surface area contributed by atoms with Crippen LogP contribution in [-0.4, -0.2) is 41.4 Å². The minimum Gasteiger partial charge on any atom is -0.503 e. The molecule has 0 saturated carbocycles. The Hall–Kier alpha value is -2.67. The Labute approximate surface area is 155 Å². The molecule has 0 unspecified atom stereocenters. The Morgan fingerprint density at radius 2 is 2.04 bits per heavy atom. The van der Waals surface area contributed by atoms with E-state index in [1.807, 2.05) is 19.2 Å². The lowest BCUT2D eigenvalue weighted by Gasteiger charge is -2.22. The molecule has 3 N–H and O–H groups in total. The molecule has 0 aliphatic carbocycles. The average molecular weight is 379 g/mol. The summed E-state index contributed by atoms with van der Waals surface area (Å²) in [5, 5.41) is 19.5. The number of rotatable bonds is 1. The van der Waals surface area contributed by atoms with Gasteiger partial charge in [0.25, 0.3) is 5.56 Å². The zero-order valence-corrected chi connectivity index (χ0v) is 15.0. The van der Waals surface area contributed by atoms with E-state index in [1.165, 1.54) is 11.3 Å². The summed E-state index contributed by atoms with van der Waals surface area (Å²) in [7, 11) is 2.05. The SMILES string of the molecule is CN1CCc2c1ccc1c2CCCOc2c-1[nH]c(=O)c(C(=O)O)c2O.Cl. The molecule has 0 amide bonds. The standard InChI is InChI=1S/C18H18N2O5.ClH/c1-20-7-6-10-9-3-2-8-25-16-14(11(9)4-5-12(10)20)19-17(22)13(15(16)21)18(23)24;/h4-5H,2-3,6-8H2,1H3,(H,23,24)(H2,19,21,22);1H. The smallest absolute Gasteiger partial charge is 0.345 e. The van der Waals surface area contributed by atoms with Gasteiger partial charge in [0.2, 0.25) is 0 Å². The first-order valence-electron chi connectivity index (χ1n) is 8.20. The Bertz CT molecular complexity index is 954. The van der Waals surface area contributed by atoms with E-state index >= 15 is 0 Å². The van der Waals surface area contributed by atoms with E-state index in [9.17, 15) is 19.8 Å². The highest BCUT2D eigenvalue weighted by atomic mass is 35.5. The third-order valence-electron chi connectivity index (χ3n) is 4.96. The number of carboxylic acids is 1. The molecule has 2 aliphatic heterocycles. The fraction of sp³-hybridized carbons (Fsp3) is 0.333. The maximum Gasteiger partial charge on any atom is 0.345 e. The maximum atomic E-state index is 12.2. The van der Waals surface area contributed by atoms with Crippen molar-refractivity contribution in [1.82, 2.24) is 4.98 Å². The minimum atomic E-state index is -1.48. The van der Waals surface area contributed by atoms with Gasteiger partial charge in [0.05, 0.1) is 12.3 Å². The van der Waals surface area contributed by atoms with Gasteiger partial charge in [-0.2, -0.15) is 0 Å². The number of ether oxygens (including phenoxy) is 1. The van der Waals surface area contributed by atoms with Gasteiger partial charge in [-0.3, -0.25) is 4.79 Å². The van der Waals surface area contributed by atoms with Crippen LogP contribution in [-0.2, 0) is 12.8 Å². The fourth-order valence-corrected chi connectivity index (χ4v) is 3.76. The quantitative estimate of drug-likeness (QED) is 0.703. The second-order valence-corrected chi connectivity index (χ2v) is 6.40. The van der Waals surface area contributed by atoms with Gasteiger partial charge >= 0.3 is 5.97 Å². The number of aromatic carboxylic acids is 1. The predicted octanol–water partition coefficient (Wildman–Crippen LogP) is 2.18. The van der Waals surface area contributed by atoms with Gasteiger partial charge in [0, 0.05) is 24.8 Å². The monoisotopic (exact) mass is 378 g/mol. The normalized spacial score (nSPS) is 14.9. The molecule has 26 heavy (non-hydrogen) atoms. The molecule has 0 saturated heterocycles. The topological polar surface area (TPSA) is 103 Å². The van der Waals surface area contributed by atoms with Crippen LogP contribution >= 0.6 is 12.4 Å². The number of benzene rings is 1. The van der Waals surface area contributed by atoms with E-state index < -0.39 is 22.8 Å². The molecule has 7 nitrogen and oxygen atoms in total. The predicted molar refractivity (Wildman–Crippen MR) is 99.2 cm³/mol. The van der Waals surface area contributed by atoms with Gasteiger partial charge in [0.1, 0.15) is 0 Å². The van der Waals surface area contributed by atoms with E-state index in [4.69, 9.17) is 4.74 Å². The molecule has 1 aromatic carbocycles. The zero-order valence-electron chi connectivity index (χ0n) is 14.2. The Morgan fingerprint density at radius 3 is 2.77 bits per heavy atom. The van der Waals surface area contributed by atoms with E-state index in [0.717, 1.165) is 36.9 Å². The van der Waals surface area contributed by atoms with Crippen molar-refractivity contribution in [2.75, 3.05) is 25.1 Å². The molecule has 0 radical (unpaired) electrons. The summed E-state index contributed by atoms with van der Waals surface area (Å²) in [6, 6.07) is 3.90. The van der Waals surface area contributed by atoms with Gasteiger partial charge < -0.3 is 24.8 Å². The molecule has 0 atom stereocenters. The van der Waals surface area contributed by atoms with Crippen LogP contribution in [0.1, 0.15) is 27.9 Å². The highest BCUT2D eigenvalue weighted by Gasteiger charge is 2.29. The van der Waals surface area contributed by atoms with Crippen molar-refractivity contribution in [3.05, 3.63) is 39.2 Å². The third-order valence-corrected chi connectivity index (χ3v) is 4.96. The van der Waals surface area contributed by atoms with Gasteiger partial charge in [-0.1, -0.05) is 6.07 Å². The first kappa shape index (κ1) is 18.1. The van der Waals surface area contributed by atoms with Crippen LogP contribution in [0.2, 0.25) is 0 Å². The summed E-state index contributed by atoms with van der Waals surface area (Å²) in [6.45, 7) is 1.28. The molecule has 8 heteroatoms. The molecule has 2 aromatic rings. The molecule has 2 aliphatic rings. The number of carboxylic acid groups (broad SMARTS) is 1. The highest BCUT2D eigenvalue weighted by molar-refractivity contribution is 5.93. The van der Waals surface area contributed by atoms with Crippen molar-refractivity contribution in [3.8, 4) is 22.8 Å². The van der Waals surface area contributed by atoms with Crippen molar-refractivity contribution in [2.24, 2.45) is 0 Å². The van der Waals surface area contributed by atoms with Crippen LogP contribution in [0.25, 0.3) is 11.3 Å². The van der Waals surface area contributed by atoms with Crippen LogP contribution in [0.4, 0.5) is 5.69 Å². The number of anilines is 1. The van der Waals surface area contributed by atoms with Gasteiger partial charge in [0.15, 0.2) is 17.1 Å². The van der Waals surface area contributed by atoms with Crippen LogP contribution in [0.15, 0.2) is 16.9 Å². The number of aromatic amines is 1. The summed E-state index contributed by atoms with van der Waals surface area (Å²) in [4.78, 5) is 28.3. The van der Waals surface area contributed by atoms with Crippen LogP contribution in [0, 0.1) is 0 Å². The van der Waals surface area contributed by atoms with Crippen molar-refractivity contribution in [3.63, 3.8) is 0 Å². The van der Waals surface area contributed by atoms with Gasteiger partial charge in [-0.25, -0.2) is 4.79 Å². The number of nitrogens with one attached hydrogen (secondary N) is 1. The van der Waals surface area contributed by atoms with Crippen LogP contribution in [0.3, 0.4) is 0 Å². The van der Waals surface area contributed by atoms with Crippen molar-refractivity contribution < 1.29 is 19.7 Å². The maximum absolute atomic E-state index is 12.2. The second-order valence-electron chi connectivity index (χ2n) is 6.40. The molecular weight excluding hydrogens is 360 g/mol. The average Bonchev–Trinajstić information content (AvgIpc) is 2.91. The molecule has 3 heterocycles. The third kappa shape index (κ3) is 2.59. The van der Waals surface area contributed by atoms with E-state index in [2.05, 4.69) is 9.88 Å². The van der Waals surface area contributed by atoms with Crippen molar-refractivity contribution >= 4 is 24.1 Å². The Kier molecular flexibility index (Phi) is 4.58. The summed E-state index contributed by atoms with van der Waals surface area (Å²) in [6.07, 6.45) is 2.47. The van der Waals surface area contributed by atoms with E-state index in [-0.39, 0.29) is 18.2 Å². The number of aromatic nitrogens is 1. The molecule has 138 valence electrons. The lowest BCUT2D eigenvalue weighted by Crippen LogP contribution is -2.21. The number of aromatic hydroxyl groups is 1. The Balaban J connectivity index is 0.00000196. The lowest BCUT2D eigenvalue weighted by molar-refractivity contribution is 0.0690. The van der Waals surface area contributed by atoms with Crippen molar-refractivity contribution in [2.45, 2.75) is 19.3 Å². The molecule has 4 rings (SSSR count). The number of hydrogen-bond acceptors (Lipinski definition) is 5. The summed E-state index contributed by atoms with van der Waals surface area (Å²) >= 11 is 0. The highest BCUT2D eigenvalue weighted by Crippen LogP contribution is 2.43. The Morgan fingerprint density at radius 1 is 1.27 bits per heavy atom. The second kappa shape index (κ2) is 6.57. The summed E-state index contributed by atoms with van der Waals surface area (Å²) in [5.74, 6) is -2.07. The van der Waals surface area contributed by atoms with E-state index in [0.29, 0.717) is 12.3 Å². The lowest BCUT2D eigenvalue weighted by atomic mass is 9.92. The first-order chi connectivity index (χ1) is 12.0. The molecule has 1 aromatic heterocycles. The molecular formula is C18H19ClN2O5. The number of likely N-dealkylation sites (N-methyl/N-ethyl adjacent to an activating group) is 1. The molecule has 0 bridgehead atoms. The molecule has 0 spiro atoms. The number of fused-ring (bicyclic) bond motifs is 5. The number of carbonyl (C=O) groups is 1. The first-order valence-corrected chi connectivity index (χ1v) is 8.20. The van der Waals surface area contributed by atoms with Crippen LogP contribution < -0.4 is 15.2 Å². The molecule has 0 fully saturated rings. The number of nitrogens with zero attached hydrogens (tertiary/aromatic N) is 1. The number of hydrogen-bond donors (Lipinski definition) is 3.